The molecule has 0 radical (unpaired) electrons. The van der Waals surface area contributed by atoms with E-state index in [1.807, 2.05) is 36.4 Å². The zero-order chi connectivity index (χ0) is 52.6. The van der Waals surface area contributed by atoms with Crippen molar-refractivity contribution in [1.29, 1.82) is 10.5 Å². The molecule has 4 nitrogen and oxygen atoms in total. The molecule has 2 aliphatic heterocycles. The van der Waals surface area contributed by atoms with Crippen molar-refractivity contribution in [2.45, 2.75) is 10.8 Å². The second-order valence-electron chi connectivity index (χ2n) is 22.0. The van der Waals surface area contributed by atoms with E-state index in [9.17, 15) is 10.5 Å². The highest BCUT2D eigenvalue weighted by atomic mass is 15.0. The van der Waals surface area contributed by atoms with Crippen LogP contribution in [0.4, 0.5) is 0 Å². The molecule has 0 saturated heterocycles. The minimum Gasteiger partial charge on any atom is -0.309 e. The number of aromatic nitrogens is 2. The van der Waals surface area contributed by atoms with Gasteiger partial charge in [-0.05, 0) is 161 Å². The van der Waals surface area contributed by atoms with E-state index >= 15 is 0 Å². The summed E-state index contributed by atoms with van der Waals surface area (Å²) < 4.78 is 5.02. The highest BCUT2D eigenvalue weighted by Crippen LogP contribution is 2.64. The zero-order valence-electron chi connectivity index (χ0n) is 43.0. The summed E-state index contributed by atoms with van der Waals surface area (Å²) in [4.78, 5) is 0. The zero-order valence-corrected chi connectivity index (χ0v) is 43.0. The molecule has 366 valence electrons. The summed E-state index contributed by atoms with van der Waals surface area (Å²) >= 11 is 0. The Labute approximate surface area is 461 Å². The molecule has 4 heterocycles. The highest BCUT2D eigenvalue weighted by Gasteiger charge is 2.53. The molecular weight excluding hydrogens is 969 g/mol. The maximum Gasteiger partial charge on any atom is 0.0998 e. The van der Waals surface area contributed by atoms with Crippen molar-refractivity contribution in [2.75, 3.05) is 0 Å². The van der Waals surface area contributed by atoms with Crippen molar-refractivity contribution in [2.24, 2.45) is 0 Å². The summed E-state index contributed by atoms with van der Waals surface area (Å²) in [6.45, 7) is 0. The molecule has 4 aliphatic rings. The third-order valence-corrected chi connectivity index (χ3v) is 18.6. The number of hydrogen-bond donors (Lipinski definition) is 0. The van der Waals surface area contributed by atoms with Gasteiger partial charge in [0, 0.05) is 21.5 Å². The number of para-hydroxylation sites is 4. The van der Waals surface area contributed by atoms with E-state index in [4.69, 9.17) is 0 Å². The van der Waals surface area contributed by atoms with Crippen molar-refractivity contribution in [3.63, 3.8) is 0 Å². The summed E-state index contributed by atoms with van der Waals surface area (Å²) in [6, 6.07) is 98.6. The Morgan fingerprint density at radius 3 is 1.51 bits per heavy atom. The fourth-order valence-electron chi connectivity index (χ4n) is 15.6. The number of hydrogen-bond acceptors (Lipinski definition) is 2. The van der Waals surface area contributed by atoms with Gasteiger partial charge in [-0.1, -0.05) is 194 Å². The largest absolute Gasteiger partial charge is 0.309 e. The smallest absolute Gasteiger partial charge is 0.0998 e. The molecule has 0 saturated carbocycles. The Balaban J connectivity index is 0.849. The molecule has 80 heavy (non-hydrogen) atoms. The van der Waals surface area contributed by atoms with Crippen molar-refractivity contribution in [3.8, 4) is 79.1 Å². The van der Waals surface area contributed by atoms with Crippen molar-refractivity contribution in [3.05, 3.63) is 310 Å². The van der Waals surface area contributed by atoms with Crippen LogP contribution >= 0.6 is 0 Å². The van der Waals surface area contributed by atoms with Crippen LogP contribution in [0.15, 0.2) is 255 Å². The first-order valence-electron chi connectivity index (χ1n) is 27.4. The Morgan fingerprint density at radius 1 is 0.287 bits per heavy atom. The summed E-state index contributed by atoms with van der Waals surface area (Å²) in [5, 5.41) is 25.0. The van der Waals surface area contributed by atoms with Gasteiger partial charge in [0.2, 0.25) is 0 Å². The molecule has 2 aromatic heterocycles. The van der Waals surface area contributed by atoms with Crippen LogP contribution in [0.2, 0.25) is 0 Å². The maximum atomic E-state index is 10.2. The highest BCUT2D eigenvalue weighted by molar-refractivity contribution is 6.19. The SMILES string of the molecule is N#Cc1cccc(-c2ccc3c4c2c2ccccc2n4-c2ccccc2C32c3ccccc3-c3cc(-c4ccc5c(c4)c4cccc6c4n5-c4ccccc4C64c5ccccc5-c5cc(-c6ccccc6C#N)ccc54)ccc32)c1. The quantitative estimate of drug-likeness (QED) is 0.177. The van der Waals surface area contributed by atoms with Crippen LogP contribution in [0.25, 0.3) is 111 Å². The van der Waals surface area contributed by atoms with Gasteiger partial charge in [-0.3, -0.25) is 0 Å². The molecule has 12 aromatic carbocycles. The summed E-state index contributed by atoms with van der Waals surface area (Å²) in [5.41, 5.74) is 28.8. The molecule has 0 N–H and O–H groups in total. The van der Waals surface area contributed by atoms with E-state index in [-0.39, 0.29) is 0 Å². The number of nitrogens with zero attached hydrogens (tertiary/aromatic N) is 4. The fraction of sp³-hybridized carbons (Fsp3) is 0.0263. The average molecular weight is 1010 g/mol. The van der Waals surface area contributed by atoms with Gasteiger partial charge >= 0.3 is 0 Å². The second kappa shape index (κ2) is 15.5. The van der Waals surface area contributed by atoms with Gasteiger partial charge in [0.1, 0.15) is 0 Å². The third kappa shape index (κ3) is 5.15. The predicted octanol–water partition coefficient (Wildman–Crippen LogP) is 18.0. The first-order valence-corrected chi connectivity index (χ1v) is 27.4. The molecule has 4 heteroatoms. The molecule has 18 rings (SSSR count). The van der Waals surface area contributed by atoms with Gasteiger partial charge in [0.05, 0.1) is 67.5 Å². The van der Waals surface area contributed by atoms with E-state index in [2.05, 4.69) is 240 Å². The summed E-state index contributed by atoms with van der Waals surface area (Å²) in [6.07, 6.45) is 0. The van der Waals surface area contributed by atoms with Crippen LogP contribution in [0, 0.1) is 22.7 Å². The Morgan fingerprint density at radius 2 is 0.787 bits per heavy atom. The van der Waals surface area contributed by atoms with E-state index in [0.29, 0.717) is 11.1 Å². The molecule has 0 bridgehead atoms. The first-order chi connectivity index (χ1) is 39.6. The monoisotopic (exact) mass is 1010 g/mol. The number of nitriles is 2. The lowest BCUT2D eigenvalue weighted by Crippen LogP contribution is -2.33. The number of rotatable bonds is 3. The van der Waals surface area contributed by atoms with Gasteiger partial charge in [-0.15, -0.1) is 0 Å². The lowest BCUT2D eigenvalue weighted by atomic mass is 9.65. The van der Waals surface area contributed by atoms with Crippen LogP contribution in [0.1, 0.15) is 55.6 Å². The standard InChI is InChI=1S/C76H42N4/c77-43-45-15-13-17-48(39-45)52-34-37-67-74-72(52)56-21-5-10-28-68(56)80(74)71-30-12-9-26-65(71)76(67)61-24-7-3-19-53(61)57-40-46(31-35-62(57)76)47-33-38-69-59(41-47)55-22-14-27-66-73(55)79(69)70-29-11-8-25-64(70)75(66)60-23-6-4-20-54(60)58-42-49(32-36-63(58)75)51-18-2-1-16-50(51)44-78/h1-42H. The van der Waals surface area contributed by atoms with Gasteiger partial charge in [0.15, 0.2) is 0 Å². The molecular formula is C76H42N4. The van der Waals surface area contributed by atoms with Crippen LogP contribution in [0.3, 0.4) is 0 Å². The number of fused-ring (bicyclic) bond motifs is 24. The van der Waals surface area contributed by atoms with Crippen LogP contribution in [0.5, 0.6) is 0 Å². The molecule has 2 aliphatic carbocycles. The van der Waals surface area contributed by atoms with Gasteiger partial charge in [-0.2, -0.15) is 10.5 Å². The Bertz CT molecular complexity index is 5240. The van der Waals surface area contributed by atoms with Gasteiger partial charge in [-0.25, -0.2) is 0 Å². The van der Waals surface area contributed by atoms with Crippen LogP contribution < -0.4 is 0 Å². The lowest BCUT2D eigenvalue weighted by molar-refractivity contribution is 0.748. The van der Waals surface area contributed by atoms with Crippen molar-refractivity contribution < 1.29 is 0 Å². The second-order valence-corrected chi connectivity index (χ2v) is 22.0. The summed E-state index contributed by atoms with van der Waals surface area (Å²) in [5.74, 6) is 0. The van der Waals surface area contributed by atoms with Gasteiger partial charge < -0.3 is 9.13 Å². The molecule has 0 amide bonds. The average Bonchev–Trinajstić information content (AvgIpc) is 2.72. The van der Waals surface area contributed by atoms with Crippen molar-refractivity contribution >= 4 is 43.6 Å². The molecule has 2 atom stereocenters. The molecule has 14 aromatic rings. The van der Waals surface area contributed by atoms with E-state index < -0.39 is 10.8 Å². The van der Waals surface area contributed by atoms with Crippen molar-refractivity contribution in [1.82, 2.24) is 9.13 Å². The Hall–Kier alpha value is -10.8. The topological polar surface area (TPSA) is 57.4 Å². The third-order valence-electron chi connectivity index (χ3n) is 18.6. The molecule has 2 unspecified atom stereocenters. The van der Waals surface area contributed by atoms with Gasteiger partial charge in [0.25, 0.3) is 0 Å². The van der Waals surface area contributed by atoms with Crippen LogP contribution in [-0.4, -0.2) is 9.13 Å². The van der Waals surface area contributed by atoms with Crippen LogP contribution in [-0.2, 0) is 10.8 Å². The predicted molar refractivity (Wildman–Crippen MR) is 323 cm³/mol. The Kier molecular flexibility index (Phi) is 8.37. The fourth-order valence-corrected chi connectivity index (χ4v) is 15.6. The normalized spacial score (nSPS) is 16.3. The lowest BCUT2D eigenvalue weighted by Gasteiger charge is -2.39. The molecule has 0 fully saturated rings. The summed E-state index contributed by atoms with van der Waals surface area (Å²) in [7, 11) is 0. The maximum absolute atomic E-state index is 10.2. The minimum absolute atomic E-state index is 0.577. The van der Waals surface area contributed by atoms with E-state index in [0.717, 1.165) is 22.3 Å². The van der Waals surface area contributed by atoms with E-state index in [1.54, 1.807) is 0 Å². The minimum atomic E-state index is -0.608. The molecule has 2 spiro atoms. The first kappa shape index (κ1) is 43.3. The van der Waals surface area contributed by atoms with E-state index in [1.165, 1.54) is 133 Å². The number of benzene rings is 12.